The molecule has 0 spiro atoms. The van der Waals surface area contributed by atoms with E-state index in [0.717, 1.165) is 22.7 Å². The molecule has 0 atom stereocenters. The van der Waals surface area contributed by atoms with Crippen LogP contribution in [0.3, 0.4) is 0 Å². The Hall–Kier alpha value is -4.71. The number of benzene rings is 4. The third kappa shape index (κ3) is 10.2. The van der Waals surface area contributed by atoms with Crippen molar-refractivity contribution in [1.29, 1.82) is 10.8 Å². The zero-order valence-electron chi connectivity index (χ0n) is 19.7. The normalized spacial score (nSPS) is 10.0. The van der Waals surface area contributed by atoms with Crippen molar-refractivity contribution >= 4 is 45.1 Å². The third-order valence-electron chi connectivity index (χ3n) is 4.54. The Labute approximate surface area is 216 Å². The van der Waals surface area contributed by atoms with Crippen molar-refractivity contribution in [2.45, 2.75) is 0 Å². The van der Waals surface area contributed by atoms with Crippen molar-refractivity contribution in [1.82, 2.24) is 0 Å². The lowest BCUT2D eigenvalue weighted by Gasteiger charge is -2.22. The zero-order valence-corrected chi connectivity index (χ0v) is 20.5. The van der Waals surface area contributed by atoms with Crippen molar-refractivity contribution in [2.24, 2.45) is 11.5 Å². The quantitative estimate of drug-likeness (QED) is 0.126. The summed E-state index contributed by atoms with van der Waals surface area (Å²) in [6.45, 7) is 0. The first-order chi connectivity index (χ1) is 17.6. The number of anilines is 4. The van der Waals surface area contributed by atoms with Crippen molar-refractivity contribution in [3.05, 3.63) is 121 Å². The van der Waals surface area contributed by atoms with E-state index in [1.165, 1.54) is 0 Å². The van der Waals surface area contributed by atoms with Crippen molar-refractivity contribution < 1.29 is 17.5 Å². The molecule has 0 aliphatic rings. The Morgan fingerprint density at radius 2 is 0.676 bits per heavy atom. The summed E-state index contributed by atoms with van der Waals surface area (Å²) in [5, 5.41) is 15.3. The Bertz CT molecular complexity index is 1180. The van der Waals surface area contributed by atoms with Crippen LogP contribution < -0.4 is 21.3 Å². The van der Waals surface area contributed by atoms with Gasteiger partial charge in [0, 0.05) is 22.7 Å². The Kier molecular flexibility index (Phi) is 10.8. The molecule has 0 heterocycles. The Balaban J connectivity index is 0.000000221. The van der Waals surface area contributed by atoms with Crippen LogP contribution in [0.1, 0.15) is 0 Å². The summed E-state index contributed by atoms with van der Waals surface area (Å²) in [6.07, 6.45) is 0. The second-order valence-electron chi connectivity index (χ2n) is 7.23. The highest BCUT2D eigenvalue weighted by atomic mass is 32.3. The average Bonchev–Trinajstić information content (AvgIpc) is 2.86. The van der Waals surface area contributed by atoms with Crippen molar-refractivity contribution in [3.63, 3.8) is 0 Å². The molecule has 8 N–H and O–H groups in total. The molecule has 4 aromatic carbocycles. The van der Waals surface area contributed by atoms with Gasteiger partial charge in [0.1, 0.15) is 0 Å². The lowest BCUT2D eigenvalue weighted by atomic mass is 10.2. The van der Waals surface area contributed by atoms with E-state index >= 15 is 0 Å². The van der Waals surface area contributed by atoms with E-state index in [1.807, 2.05) is 121 Å². The molecule has 0 saturated carbocycles. The molecule has 0 aliphatic carbocycles. The van der Waals surface area contributed by atoms with Crippen LogP contribution >= 0.6 is 0 Å². The van der Waals surface area contributed by atoms with Gasteiger partial charge < -0.3 is 11.5 Å². The summed E-state index contributed by atoms with van der Waals surface area (Å²) < 4.78 is 31.6. The van der Waals surface area contributed by atoms with Gasteiger partial charge in [-0.25, -0.2) is 0 Å². The molecular formula is C26H28N6O4S. The topological polar surface area (TPSA) is 181 Å². The van der Waals surface area contributed by atoms with Crippen LogP contribution in [0.5, 0.6) is 0 Å². The minimum Gasteiger partial charge on any atom is -0.369 e. The van der Waals surface area contributed by atoms with Gasteiger partial charge in [0.15, 0.2) is 11.9 Å². The van der Waals surface area contributed by atoms with Gasteiger partial charge in [-0.3, -0.25) is 29.7 Å². The molecule has 0 radical (unpaired) electrons. The summed E-state index contributed by atoms with van der Waals surface area (Å²) in [7, 11) is -4.67. The standard InChI is InChI=1S/2C13H13N3.H2O4S/c2*14-13(15)16(11-7-3-1-4-8-11)12-9-5-2-6-10-12;1-5(2,3)4/h2*1-10H,(H3,14,15);(H2,1,2,3,4). The number of hydrogen-bond donors (Lipinski definition) is 6. The number of guanidine groups is 2. The van der Waals surface area contributed by atoms with E-state index in [2.05, 4.69) is 0 Å². The second-order valence-corrected chi connectivity index (χ2v) is 8.13. The lowest BCUT2D eigenvalue weighted by Crippen LogP contribution is -2.32. The first-order valence-corrected chi connectivity index (χ1v) is 12.2. The van der Waals surface area contributed by atoms with Gasteiger partial charge in [-0.15, -0.1) is 0 Å². The maximum atomic E-state index is 8.74. The fourth-order valence-corrected chi connectivity index (χ4v) is 3.16. The van der Waals surface area contributed by atoms with Crippen LogP contribution in [0.15, 0.2) is 121 Å². The molecule has 0 saturated heterocycles. The molecule has 0 fully saturated rings. The largest absolute Gasteiger partial charge is 0.394 e. The predicted molar refractivity (Wildman–Crippen MR) is 148 cm³/mol. The maximum absolute atomic E-state index is 8.74. The van der Waals surface area contributed by atoms with Crippen LogP contribution in [0, 0.1) is 10.8 Å². The third-order valence-corrected chi connectivity index (χ3v) is 4.54. The summed E-state index contributed by atoms with van der Waals surface area (Å²) in [4.78, 5) is 3.39. The van der Waals surface area contributed by atoms with Gasteiger partial charge >= 0.3 is 10.4 Å². The van der Waals surface area contributed by atoms with E-state index < -0.39 is 10.4 Å². The van der Waals surface area contributed by atoms with Gasteiger partial charge in [-0.05, 0) is 48.5 Å². The molecule has 0 aliphatic heterocycles. The molecule has 0 amide bonds. The summed E-state index contributed by atoms with van der Waals surface area (Å²) in [5.41, 5.74) is 14.8. The number of nitrogens with zero attached hydrogens (tertiary/aromatic N) is 2. The predicted octanol–water partition coefficient (Wildman–Crippen LogP) is 4.78. The molecule has 11 heteroatoms. The lowest BCUT2D eigenvalue weighted by molar-refractivity contribution is 0.381. The van der Waals surface area contributed by atoms with E-state index in [1.54, 1.807) is 9.80 Å². The molecule has 37 heavy (non-hydrogen) atoms. The molecule has 4 aromatic rings. The van der Waals surface area contributed by atoms with Crippen molar-refractivity contribution in [3.8, 4) is 0 Å². The Morgan fingerprint density at radius 1 is 0.514 bits per heavy atom. The molecule has 192 valence electrons. The first-order valence-electron chi connectivity index (χ1n) is 10.8. The molecular weight excluding hydrogens is 492 g/mol. The van der Waals surface area contributed by atoms with Crippen LogP contribution in [0.4, 0.5) is 22.7 Å². The highest BCUT2D eigenvalue weighted by Crippen LogP contribution is 2.24. The first kappa shape index (κ1) is 28.5. The van der Waals surface area contributed by atoms with Crippen molar-refractivity contribution in [2.75, 3.05) is 9.80 Å². The minimum atomic E-state index is -4.67. The number of para-hydroxylation sites is 4. The highest BCUT2D eigenvalue weighted by Gasteiger charge is 2.11. The molecule has 4 rings (SSSR count). The number of nitrogens with two attached hydrogens (primary N) is 2. The maximum Gasteiger partial charge on any atom is 0.394 e. The molecule has 0 bridgehead atoms. The number of hydrogen-bond acceptors (Lipinski definition) is 4. The summed E-state index contributed by atoms with van der Waals surface area (Å²) in [5.74, 6) is 0.0230. The molecule has 0 aromatic heterocycles. The van der Waals surface area contributed by atoms with E-state index in [4.69, 9.17) is 39.8 Å². The number of rotatable bonds is 4. The molecule has 10 nitrogen and oxygen atoms in total. The van der Waals surface area contributed by atoms with Gasteiger partial charge in [0.2, 0.25) is 0 Å². The Morgan fingerprint density at radius 3 is 0.811 bits per heavy atom. The SMILES string of the molecule is N=C(N)N(c1ccccc1)c1ccccc1.N=C(N)N(c1ccccc1)c1ccccc1.O=S(=O)(O)O. The monoisotopic (exact) mass is 520 g/mol. The fourth-order valence-electron chi connectivity index (χ4n) is 3.16. The van der Waals surface area contributed by atoms with Gasteiger partial charge in [0.05, 0.1) is 0 Å². The summed E-state index contributed by atoms with van der Waals surface area (Å²) >= 11 is 0. The summed E-state index contributed by atoms with van der Waals surface area (Å²) in [6, 6.07) is 38.5. The van der Waals surface area contributed by atoms with Crippen LogP contribution in [0.2, 0.25) is 0 Å². The molecule has 0 unspecified atom stereocenters. The average molecular weight is 521 g/mol. The minimum absolute atomic E-state index is 0.0115. The van der Waals surface area contributed by atoms with E-state index in [9.17, 15) is 0 Å². The number of nitrogens with one attached hydrogen (secondary N) is 2. The smallest absolute Gasteiger partial charge is 0.369 e. The zero-order chi connectivity index (χ0) is 27.3. The van der Waals surface area contributed by atoms with Gasteiger partial charge in [-0.2, -0.15) is 8.42 Å². The highest BCUT2D eigenvalue weighted by molar-refractivity contribution is 7.79. The van der Waals surface area contributed by atoms with Gasteiger partial charge in [0.25, 0.3) is 0 Å². The van der Waals surface area contributed by atoms with E-state index in [0.29, 0.717) is 0 Å². The van der Waals surface area contributed by atoms with Crippen LogP contribution in [0.25, 0.3) is 0 Å². The fraction of sp³-hybridized carbons (Fsp3) is 0. The van der Waals surface area contributed by atoms with E-state index in [-0.39, 0.29) is 11.9 Å². The van der Waals surface area contributed by atoms with Gasteiger partial charge in [-0.1, -0.05) is 72.8 Å². The van der Waals surface area contributed by atoms with Crippen LogP contribution in [-0.2, 0) is 10.4 Å². The van der Waals surface area contributed by atoms with Crippen LogP contribution in [-0.4, -0.2) is 29.4 Å². The second kappa shape index (κ2) is 14.0.